The zero-order valence-electron chi connectivity index (χ0n) is 13.2. The van der Waals surface area contributed by atoms with Gasteiger partial charge in [-0.1, -0.05) is 12.7 Å². The van der Waals surface area contributed by atoms with Gasteiger partial charge in [-0.25, -0.2) is 0 Å². The molecule has 0 aliphatic carbocycles. The Morgan fingerprint density at radius 2 is 1.78 bits per heavy atom. The fraction of sp³-hybridized carbons (Fsp3) is 0.167. The lowest BCUT2D eigenvalue weighted by atomic mass is 10.1. The average molecular weight is 313 g/mol. The van der Waals surface area contributed by atoms with Crippen LogP contribution in [0.25, 0.3) is 0 Å². The molecule has 0 radical (unpaired) electrons. The van der Waals surface area contributed by atoms with Gasteiger partial charge in [0.1, 0.15) is 23.9 Å². The molecule has 0 saturated carbocycles. The van der Waals surface area contributed by atoms with Crippen LogP contribution in [0.4, 0.5) is 5.69 Å². The van der Waals surface area contributed by atoms with Crippen molar-refractivity contribution in [3.63, 3.8) is 0 Å². The highest BCUT2D eigenvalue weighted by atomic mass is 16.5. The molecular formula is C18H19NO4. The fourth-order valence-corrected chi connectivity index (χ4v) is 1.97. The maximum absolute atomic E-state index is 12.4. The van der Waals surface area contributed by atoms with Crippen LogP contribution in [0.2, 0.25) is 0 Å². The van der Waals surface area contributed by atoms with Crippen molar-refractivity contribution in [3.8, 4) is 17.2 Å². The number of rotatable bonds is 7. The zero-order chi connectivity index (χ0) is 16.7. The van der Waals surface area contributed by atoms with E-state index in [0.717, 1.165) is 0 Å². The molecule has 2 aromatic rings. The minimum Gasteiger partial charge on any atom is -0.497 e. The van der Waals surface area contributed by atoms with Gasteiger partial charge >= 0.3 is 0 Å². The van der Waals surface area contributed by atoms with Crippen molar-refractivity contribution in [2.75, 3.05) is 26.1 Å². The first-order valence-electron chi connectivity index (χ1n) is 7.05. The summed E-state index contributed by atoms with van der Waals surface area (Å²) >= 11 is 0. The van der Waals surface area contributed by atoms with E-state index < -0.39 is 0 Å². The summed E-state index contributed by atoms with van der Waals surface area (Å²) in [5.74, 6) is 1.53. The third-order valence-corrected chi connectivity index (χ3v) is 3.13. The molecule has 2 aromatic carbocycles. The molecule has 0 atom stereocenters. The average Bonchev–Trinajstić information content (AvgIpc) is 2.60. The number of carbonyl (C=O) groups excluding carboxylic acids is 1. The number of ether oxygens (including phenoxy) is 3. The minimum absolute atomic E-state index is 0.260. The third-order valence-electron chi connectivity index (χ3n) is 3.13. The maximum atomic E-state index is 12.4. The molecule has 23 heavy (non-hydrogen) atoms. The lowest BCUT2D eigenvalue weighted by Gasteiger charge is -2.11. The van der Waals surface area contributed by atoms with Crippen molar-refractivity contribution in [1.82, 2.24) is 0 Å². The van der Waals surface area contributed by atoms with Crippen LogP contribution in [0.15, 0.2) is 55.1 Å². The fourth-order valence-electron chi connectivity index (χ4n) is 1.97. The van der Waals surface area contributed by atoms with Crippen LogP contribution in [0.3, 0.4) is 0 Å². The van der Waals surface area contributed by atoms with E-state index in [4.69, 9.17) is 14.2 Å². The molecule has 1 N–H and O–H groups in total. The Kier molecular flexibility index (Phi) is 5.63. The van der Waals surface area contributed by atoms with Gasteiger partial charge in [0.05, 0.1) is 19.8 Å². The lowest BCUT2D eigenvalue weighted by Crippen LogP contribution is -2.13. The number of methoxy groups -OCH3 is 2. The topological polar surface area (TPSA) is 56.8 Å². The number of anilines is 1. The number of hydrogen-bond donors (Lipinski definition) is 1. The summed E-state index contributed by atoms with van der Waals surface area (Å²) in [7, 11) is 3.07. The summed E-state index contributed by atoms with van der Waals surface area (Å²) in [6, 6.07) is 12.1. The Morgan fingerprint density at radius 1 is 1.09 bits per heavy atom. The van der Waals surface area contributed by atoms with E-state index in [-0.39, 0.29) is 5.91 Å². The normalized spacial score (nSPS) is 9.83. The molecule has 0 aliphatic rings. The van der Waals surface area contributed by atoms with Gasteiger partial charge in [0, 0.05) is 11.8 Å². The first-order valence-corrected chi connectivity index (χ1v) is 7.05. The van der Waals surface area contributed by atoms with Gasteiger partial charge in [0.2, 0.25) is 0 Å². The van der Waals surface area contributed by atoms with Crippen molar-refractivity contribution in [2.24, 2.45) is 0 Å². The molecule has 0 aromatic heterocycles. The number of nitrogens with one attached hydrogen (secondary N) is 1. The predicted molar refractivity (Wildman–Crippen MR) is 89.6 cm³/mol. The quantitative estimate of drug-likeness (QED) is 0.795. The largest absolute Gasteiger partial charge is 0.497 e. The number of hydrogen-bond acceptors (Lipinski definition) is 4. The Bertz CT molecular complexity index is 680. The van der Waals surface area contributed by atoms with Crippen molar-refractivity contribution >= 4 is 11.6 Å². The second-order valence-corrected chi connectivity index (χ2v) is 4.64. The van der Waals surface area contributed by atoms with Crippen molar-refractivity contribution in [1.29, 1.82) is 0 Å². The van der Waals surface area contributed by atoms with E-state index in [2.05, 4.69) is 11.9 Å². The molecular weight excluding hydrogens is 294 g/mol. The van der Waals surface area contributed by atoms with Crippen LogP contribution >= 0.6 is 0 Å². The first kappa shape index (κ1) is 16.4. The molecule has 2 rings (SSSR count). The highest BCUT2D eigenvalue weighted by molar-refractivity contribution is 6.06. The Hall–Kier alpha value is -2.95. The zero-order valence-corrected chi connectivity index (χ0v) is 13.2. The first-order chi connectivity index (χ1) is 11.2. The van der Waals surface area contributed by atoms with Gasteiger partial charge < -0.3 is 19.5 Å². The number of benzene rings is 2. The summed E-state index contributed by atoms with van der Waals surface area (Å²) in [5, 5.41) is 2.82. The summed E-state index contributed by atoms with van der Waals surface area (Å²) in [6.45, 7) is 4.03. The highest BCUT2D eigenvalue weighted by Crippen LogP contribution is 2.25. The second kappa shape index (κ2) is 7.89. The van der Waals surface area contributed by atoms with E-state index in [1.807, 2.05) is 0 Å². The molecule has 0 bridgehead atoms. The number of amides is 1. The Balaban J connectivity index is 2.11. The van der Waals surface area contributed by atoms with Gasteiger partial charge in [-0.15, -0.1) is 0 Å². The third kappa shape index (κ3) is 4.26. The van der Waals surface area contributed by atoms with Crippen LogP contribution < -0.4 is 19.5 Å². The van der Waals surface area contributed by atoms with Crippen LogP contribution in [0.1, 0.15) is 10.4 Å². The molecule has 0 heterocycles. The summed E-state index contributed by atoms with van der Waals surface area (Å²) in [6.07, 6.45) is 1.67. The Labute approximate surface area is 135 Å². The molecule has 0 unspecified atom stereocenters. The second-order valence-electron chi connectivity index (χ2n) is 4.64. The van der Waals surface area contributed by atoms with E-state index in [1.54, 1.807) is 55.7 Å². The molecule has 0 saturated heterocycles. The Morgan fingerprint density at radius 3 is 2.39 bits per heavy atom. The van der Waals surface area contributed by atoms with Crippen LogP contribution in [0, 0.1) is 0 Å². The SMILES string of the molecule is C=CCOc1ccc(NC(=O)c2ccc(OC)cc2OC)cc1. The predicted octanol–water partition coefficient (Wildman–Crippen LogP) is 3.52. The minimum atomic E-state index is -0.260. The van der Waals surface area contributed by atoms with Crippen molar-refractivity contribution < 1.29 is 19.0 Å². The van der Waals surface area contributed by atoms with Gasteiger partial charge in [-0.2, -0.15) is 0 Å². The van der Waals surface area contributed by atoms with Gasteiger partial charge in [-0.05, 0) is 36.4 Å². The molecule has 5 heteroatoms. The van der Waals surface area contributed by atoms with Crippen LogP contribution in [-0.2, 0) is 0 Å². The van der Waals surface area contributed by atoms with E-state index in [9.17, 15) is 4.79 Å². The molecule has 120 valence electrons. The van der Waals surface area contributed by atoms with Gasteiger partial charge in [0.15, 0.2) is 0 Å². The van der Waals surface area contributed by atoms with E-state index >= 15 is 0 Å². The van der Waals surface area contributed by atoms with Crippen LogP contribution in [0.5, 0.6) is 17.2 Å². The molecule has 5 nitrogen and oxygen atoms in total. The smallest absolute Gasteiger partial charge is 0.259 e. The summed E-state index contributed by atoms with van der Waals surface area (Å²) in [4.78, 5) is 12.4. The monoisotopic (exact) mass is 313 g/mol. The number of carbonyl (C=O) groups is 1. The van der Waals surface area contributed by atoms with E-state index in [0.29, 0.717) is 35.1 Å². The van der Waals surface area contributed by atoms with Crippen LogP contribution in [-0.4, -0.2) is 26.7 Å². The molecule has 1 amide bonds. The standard InChI is InChI=1S/C18H19NO4/c1-4-11-23-14-7-5-13(6-8-14)19-18(20)16-10-9-15(21-2)12-17(16)22-3/h4-10,12H,1,11H2,2-3H3,(H,19,20). The molecule has 0 fully saturated rings. The maximum Gasteiger partial charge on any atom is 0.259 e. The highest BCUT2D eigenvalue weighted by Gasteiger charge is 2.13. The summed E-state index contributed by atoms with van der Waals surface area (Å²) < 4.78 is 15.8. The lowest BCUT2D eigenvalue weighted by molar-refractivity contribution is 0.102. The van der Waals surface area contributed by atoms with Crippen molar-refractivity contribution in [3.05, 3.63) is 60.7 Å². The van der Waals surface area contributed by atoms with Crippen molar-refractivity contribution in [2.45, 2.75) is 0 Å². The molecule has 0 aliphatic heterocycles. The molecule has 0 spiro atoms. The van der Waals surface area contributed by atoms with E-state index in [1.165, 1.54) is 7.11 Å². The van der Waals surface area contributed by atoms with Gasteiger partial charge in [-0.3, -0.25) is 4.79 Å². The summed E-state index contributed by atoms with van der Waals surface area (Å²) in [5.41, 5.74) is 1.10. The van der Waals surface area contributed by atoms with Gasteiger partial charge in [0.25, 0.3) is 5.91 Å².